The molecule has 2 rings (SSSR count). The van der Waals surface area contributed by atoms with Gasteiger partial charge in [-0.1, -0.05) is 6.07 Å². The fraction of sp³-hybridized carbons (Fsp3) is 0.533. The molecule has 1 aromatic rings. The van der Waals surface area contributed by atoms with Crippen molar-refractivity contribution in [3.05, 3.63) is 23.8 Å². The van der Waals surface area contributed by atoms with Gasteiger partial charge in [0.15, 0.2) is 0 Å². The lowest BCUT2D eigenvalue weighted by atomic mass is 9.97. The van der Waals surface area contributed by atoms with Gasteiger partial charge in [0.2, 0.25) is 0 Å². The Morgan fingerprint density at radius 3 is 2.65 bits per heavy atom. The number of carbonyl (C=O) groups excluding carboxylic acids is 1. The maximum Gasteiger partial charge on any atom is 0.340 e. The van der Waals surface area contributed by atoms with Gasteiger partial charge in [-0.25, -0.2) is 4.79 Å². The van der Waals surface area contributed by atoms with E-state index >= 15 is 0 Å². The molecule has 0 amide bonds. The maximum atomic E-state index is 11.7. The van der Waals surface area contributed by atoms with Gasteiger partial charge in [-0.05, 0) is 30.9 Å². The van der Waals surface area contributed by atoms with E-state index in [2.05, 4.69) is 4.90 Å². The van der Waals surface area contributed by atoms with Crippen molar-refractivity contribution >= 4 is 17.3 Å². The van der Waals surface area contributed by atoms with Gasteiger partial charge in [0.1, 0.15) is 0 Å². The number of esters is 1. The number of anilines is 2. The van der Waals surface area contributed by atoms with Crippen molar-refractivity contribution in [3.8, 4) is 0 Å². The average molecular weight is 278 g/mol. The van der Waals surface area contributed by atoms with E-state index in [0.717, 1.165) is 38.2 Å². The van der Waals surface area contributed by atoms with E-state index < -0.39 is 5.97 Å². The highest BCUT2D eigenvalue weighted by atomic mass is 16.5. The molecule has 0 bridgehead atoms. The lowest BCUT2D eigenvalue weighted by Gasteiger charge is -2.34. The first-order chi connectivity index (χ1) is 9.67. The molecule has 1 saturated heterocycles. The molecular formula is C15H22N2O3. The van der Waals surface area contributed by atoms with Gasteiger partial charge in [-0.15, -0.1) is 0 Å². The number of rotatable bonds is 4. The summed E-state index contributed by atoms with van der Waals surface area (Å²) in [5, 5.41) is 0. The number of nitrogens with zero attached hydrogens (tertiary/aromatic N) is 1. The fourth-order valence-electron chi connectivity index (χ4n) is 2.69. The van der Waals surface area contributed by atoms with Crippen LogP contribution < -0.4 is 10.6 Å². The number of nitrogen functional groups attached to an aromatic ring is 1. The predicted molar refractivity (Wildman–Crippen MR) is 79.0 cm³/mol. The highest BCUT2D eigenvalue weighted by Crippen LogP contribution is 2.30. The summed E-state index contributed by atoms with van der Waals surface area (Å²) in [5.41, 5.74) is 7.98. The lowest BCUT2D eigenvalue weighted by molar-refractivity contribution is 0.0602. The van der Waals surface area contributed by atoms with Crippen LogP contribution in [0.4, 0.5) is 11.4 Å². The van der Waals surface area contributed by atoms with Crippen LogP contribution in [0.2, 0.25) is 0 Å². The third-order valence-corrected chi connectivity index (χ3v) is 3.85. The molecule has 5 nitrogen and oxygen atoms in total. The first-order valence-corrected chi connectivity index (χ1v) is 6.88. The Bertz CT molecular complexity index is 468. The number of ether oxygens (including phenoxy) is 2. The van der Waals surface area contributed by atoms with Crippen LogP contribution in [0.25, 0.3) is 0 Å². The van der Waals surface area contributed by atoms with Crippen molar-refractivity contribution in [3.63, 3.8) is 0 Å². The fourth-order valence-corrected chi connectivity index (χ4v) is 2.69. The Morgan fingerprint density at radius 1 is 1.35 bits per heavy atom. The standard InChI is InChI=1S/C15H22N2O3/c1-19-10-11-6-8-17(9-7-11)13-5-3-4-12(14(13)16)15(18)20-2/h3-5,11H,6-10,16H2,1-2H3. The normalized spacial score (nSPS) is 16.2. The summed E-state index contributed by atoms with van der Waals surface area (Å²) in [6.45, 7) is 2.68. The molecule has 0 atom stereocenters. The monoisotopic (exact) mass is 278 g/mol. The summed E-state index contributed by atoms with van der Waals surface area (Å²) >= 11 is 0. The van der Waals surface area contributed by atoms with Crippen molar-refractivity contribution < 1.29 is 14.3 Å². The van der Waals surface area contributed by atoms with Crippen LogP contribution in [-0.4, -0.2) is 39.9 Å². The SMILES string of the molecule is COCC1CCN(c2cccc(C(=O)OC)c2N)CC1. The second-order valence-corrected chi connectivity index (χ2v) is 5.12. The molecule has 0 aromatic heterocycles. The molecule has 20 heavy (non-hydrogen) atoms. The second kappa shape index (κ2) is 6.61. The van der Waals surface area contributed by atoms with Crippen LogP contribution in [-0.2, 0) is 9.47 Å². The molecule has 0 aliphatic carbocycles. The first-order valence-electron chi connectivity index (χ1n) is 6.88. The summed E-state index contributed by atoms with van der Waals surface area (Å²) in [7, 11) is 3.11. The Kier molecular flexibility index (Phi) is 4.84. The molecule has 1 heterocycles. The number of benzene rings is 1. The number of nitrogens with two attached hydrogens (primary N) is 1. The van der Waals surface area contributed by atoms with Crippen LogP contribution >= 0.6 is 0 Å². The van der Waals surface area contributed by atoms with Crippen LogP contribution in [0.5, 0.6) is 0 Å². The number of methoxy groups -OCH3 is 2. The van der Waals surface area contributed by atoms with Gasteiger partial charge in [0, 0.05) is 26.8 Å². The number of piperidine rings is 1. The molecule has 2 N–H and O–H groups in total. The maximum absolute atomic E-state index is 11.7. The highest BCUT2D eigenvalue weighted by molar-refractivity contribution is 5.98. The Labute approximate surface area is 119 Å². The zero-order valence-electron chi connectivity index (χ0n) is 12.1. The minimum absolute atomic E-state index is 0.390. The second-order valence-electron chi connectivity index (χ2n) is 5.12. The van der Waals surface area contributed by atoms with Gasteiger partial charge in [0.05, 0.1) is 24.0 Å². The van der Waals surface area contributed by atoms with E-state index in [1.165, 1.54) is 7.11 Å². The third-order valence-electron chi connectivity index (χ3n) is 3.85. The van der Waals surface area contributed by atoms with E-state index in [1.807, 2.05) is 12.1 Å². The van der Waals surface area contributed by atoms with Crippen LogP contribution in [0.15, 0.2) is 18.2 Å². The summed E-state index contributed by atoms with van der Waals surface area (Å²) in [4.78, 5) is 13.9. The first kappa shape index (κ1) is 14.7. The smallest absolute Gasteiger partial charge is 0.340 e. The van der Waals surface area contributed by atoms with Gasteiger partial charge in [-0.2, -0.15) is 0 Å². The molecule has 1 aromatic carbocycles. The summed E-state index contributed by atoms with van der Waals surface area (Å²) in [5.74, 6) is 0.222. The largest absolute Gasteiger partial charge is 0.465 e. The summed E-state index contributed by atoms with van der Waals surface area (Å²) in [6.07, 6.45) is 2.16. The molecule has 0 spiro atoms. The molecule has 0 saturated carbocycles. The number of hydrogen-bond acceptors (Lipinski definition) is 5. The van der Waals surface area contributed by atoms with Crippen molar-refractivity contribution in [2.45, 2.75) is 12.8 Å². The summed E-state index contributed by atoms with van der Waals surface area (Å²) < 4.78 is 9.96. The summed E-state index contributed by atoms with van der Waals surface area (Å²) in [6, 6.07) is 5.50. The minimum Gasteiger partial charge on any atom is -0.465 e. The number of carbonyl (C=O) groups is 1. The van der Waals surface area contributed by atoms with E-state index in [0.29, 0.717) is 17.2 Å². The molecule has 0 unspecified atom stereocenters. The number of hydrogen-bond donors (Lipinski definition) is 1. The molecule has 5 heteroatoms. The Balaban J connectivity index is 2.12. The van der Waals surface area contributed by atoms with Crippen molar-refractivity contribution in [1.82, 2.24) is 0 Å². The van der Waals surface area contributed by atoms with Crippen LogP contribution in [0.3, 0.4) is 0 Å². The van der Waals surface area contributed by atoms with Gasteiger partial charge >= 0.3 is 5.97 Å². The van der Waals surface area contributed by atoms with E-state index in [9.17, 15) is 4.79 Å². The Hall–Kier alpha value is -1.75. The van der Waals surface area contributed by atoms with Crippen molar-refractivity contribution in [1.29, 1.82) is 0 Å². The zero-order valence-corrected chi connectivity index (χ0v) is 12.1. The van der Waals surface area contributed by atoms with Gasteiger partial charge in [-0.3, -0.25) is 0 Å². The molecule has 0 radical (unpaired) electrons. The quantitative estimate of drug-likeness (QED) is 0.673. The Morgan fingerprint density at radius 2 is 2.05 bits per heavy atom. The van der Waals surface area contributed by atoms with Gasteiger partial charge < -0.3 is 20.1 Å². The lowest BCUT2D eigenvalue weighted by Crippen LogP contribution is -2.35. The van der Waals surface area contributed by atoms with Crippen molar-refractivity contribution in [2.75, 3.05) is 44.5 Å². The molecule has 1 aliphatic rings. The predicted octanol–water partition coefficient (Wildman–Crippen LogP) is 1.92. The topological polar surface area (TPSA) is 64.8 Å². The average Bonchev–Trinajstić information content (AvgIpc) is 2.48. The van der Waals surface area contributed by atoms with E-state index in [1.54, 1.807) is 13.2 Å². The highest BCUT2D eigenvalue weighted by Gasteiger charge is 2.22. The molecule has 110 valence electrons. The molecule has 1 aliphatic heterocycles. The number of para-hydroxylation sites is 1. The zero-order chi connectivity index (χ0) is 14.5. The van der Waals surface area contributed by atoms with E-state index in [4.69, 9.17) is 15.2 Å². The van der Waals surface area contributed by atoms with E-state index in [-0.39, 0.29) is 0 Å². The molecule has 1 fully saturated rings. The van der Waals surface area contributed by atoms with Crippen molar-refractivity contribution in [2.24, 2.45) is 5.92 Å². The molecular weight excluding hydrogens is 256 g/mol. The van der Waals surface area contributed by atoms with Crippen LogP contribution in [0, 0.1) is 5.92 Å². The third kappa shape index (κ3) is 3.04. The van der Waals surface area contributed by atoms with Gasteiger partial charge in [0.25, 0.3) is 0 Å². The van der Waals surface area contributed by atoms with Crippen LogP contribution in [0.1, 0.15) is 23.2 Å². The minimum atomic E-state index is -0.390.